The number of aromatic nitrogens is 3. The Labute approximate surface area is 287 Å². The molecule has 6 N–H and O–H groups in total. The summed E-state index contributed by atoms with van der Waals surface area (Å²) in [7, 11) is 0. The van der Waals surface area contributed by atoms with Gasteiger partial charge in [-0.05, 0) is 69.3 Å². The Balaban J connectivity index is 0.993. The lowest BCUT2D eigenvalue weighted by Gasteiger charge is -2.39. The van der Waals surface area contributed by atoms with Gasteiger partial charge in [-0.2, -0.15) is 0 Å². The summed E-state index contributed by atoms with van der Waals surface area (Å²) in [6.07, 6.45) is 3.92. The molecule has 0 unspecified atom stereocenters. The second kappa shape index (κ2) is 13.7. The van der Waals surface area contributed by atoms with E-state index in [2.05, 4.69) is 39.8 Å². The standard InChI is InChI=1S/C32H39ClFN11O2S/c1-31(2,34)21-7-8-23(37-18-21)43-11-4-12-45(16-15-43)48-22-6-3-5-20(17-22)29(47)44-13-9-32(10-14-44)19-38-30(42-32)41-28(46)24-26(35)40-27(36)25(33)39-24/h3,5-8,17-18H,4,9-16,19H2,1-2H3,(H4,35,36,40)(H2,38,41,42,46). The van der Waals surface area contributed by atoms with Gasteiger partial charge >= 0.3 is 0 Å². The van der Waals surface area contributed by atoms with Gasteiger partial charge in [0.25, 0.3) is 11.8 Å². The third kappa shape index (κ3) is 7.58. The van der Waals surface area contributed by atoms with E-state index in [1.165, 1.54) is 13.8 Å². The highest BCUT2D eigenvalue weighted by Crippen LogP contribution is 2.30. The van der Waals surface area contributed by atoms with Crippen molar-refractivity contribution in [3.8, 4) is 0 Å². The van der Waals surface area contributed by atoms with Crippen LogP contribution in [-0.4, -0.2) is 93.3 Å². The lowest BCUT2D eigenvalue weighted by atomic mass is 9.88. The number of nitrogens with one attached hydrogen (secondary N) is 2. The van der Waals surface area contributed by atoms with Gasteiger partial charge in [-0.3, -0.25) is 19.9 Å². The van der Waals surface area contributed by atoms with Crippen molar-refractivity contribution in [2.45, 2.75) is 49.2 Å². The van der Waals surface area contributed by atoms with E-state index < -0.39 is 11.6 Å². The molecule has 3 aliphatic rings. The molecule has 48 heavy (non-hydrogen) atoms. The highest BCUT2D eigenvalue weighted by Gasteiger charge is 2.40. The smallest absolute Gasteiger partial charge is 0.280 e. The molecule has 0 aliphatic carbocycles. The maximum Gasteiger partial charge on any atom is 0.280 e. The Bertz CT molecular complexity index is 1710. The highest BCUT2D eigenvalue weighted by atomic mass is 35.5. The van der Waals surface area contributed by atoms with E-state index in [1.54, 1.807) is 18.1 Å². The zero-order valence-corrected chi connectivity index (χ0v) is 28.5. The first kappa shape index (κ1) is 33.7. The average Bonchev–Trinajstić information content (AvgIpc) is 3.29. The molecular formula is C32H39ClFN11O2S. The SMILES string of the molecule is CC(C)(F)c1ccc(N2CCCN(Sc3cccc(C(=O)N4CCC5(CC4)CN=C(NC(=O)c4nc(Cl)c(N)nc4N)N5)c3)CC2)nc1. The Morgan fingerprint density at radius 2 is 1.83 bits per heavy atom. The van der Waals surface area contributed by atoms with Crippen molar-refractivity contribution < 1.29 is 14.0 Å². The number of carbonyl (C=O) groups excluding carboxylic acids is 2. The molecule has 2 fully saturated rings. The van der Waals surface area contributed by atoms with Gasteiger partial charge in [0.2, 0.25) is 0 Å². The van der Waals surface area contributed by atoms with Crippen molar-refractivity contribution in [2.24, 2.45) is 4.99 Å². The largest absolute Gasteiger partial charge is 0.382 e. The van der Waals surface area contributed by atoms with Gasteiger partial charge in [0.15, 0.2) is 28.4 Å². The van der Waals surface area contributed by atoms with Crippen molar-refractivity contribution in [3.63, 3.8) is 0 Å². The van der Waals surface area contributed by atoms with Crippen LogP contribution in [0.25, 0.3) is 0 Å². The lowest BCUT2D eigenvalue weighted by Crippen LogP contribution is -2.57. The van der Waals surface area contributed by atoms with Crippen LogP contribution in [0.5, 0.6) is 0 Å². The molecule has 2 aromatic heterocycles. The fraction of sp³-hybridized carbons (Fsp3) is 0.438. The maximum atomic E-state index is 14.3. The van der Waals surface area contributed by atoms with Crippen LogP contribution in [0.1, 0.15) is 59.5 Å². The number of amides is 2. The number of benzene rings is 1. The number of rotatable bonds is 6. The summed E-state index contributed by atoms with van der Waals surface area (Å²) in [6.45, 7) is 8.01. The molecule has 0 atom stereocenters. The Morgan fingerprint density at radius 3 is 2.56 bits per heavy atom. The Kier molecular flexibility index (Phi) is 9.63. The molecule has 2 amide bonds. The molecule has 5 heterocycles. The molecule has 13 nitrogen and oxygen atoms in total. The van der Waals surface area contributed by atoms with Crippen LogP contribution in [-0.2, 0) is 5.67 Å². The summed E-state index contributed by atoms with van der Waals surface area (Å²) in [5.41, 5.74) is 10.7. The van der Waals surface area contributed by atoms with Crippen LogP contribution in [0.2, 0.25) is 5.15 Å². The van der Waals surface area contributed by atoms with E-state index in [-0.39, 0.29) is 33.9 Å². The number of piperidine rings is 1. The number of aliphatic imine (C=N–C) groups is 1. The second-order valence-electron chi connectivity index (χ2n) is 12.7. The van der Waals surface area contributed by atoms with Crippen LogP contribution in [0.4, 0.5) is 21.8 Å². The van der Waals surface area contributed by atoms with E-state index in [9.17, 15) is 14.0 Å². The Morgan fingerprint density at radius 1 is 1.04 bits per heavy atom. The molecule has 2 saturated heterocycles. The molecule has 1 spiro atoms. The van der Waals surface area contributed by atoms with Crippen LogP contribution in [0.3, 0.4) is 0 Å². The van der Waals surface area contributed by atoms with Crippen LogP contribution >= 0.6 is 23.5 Å². The third-order valence-corrected chi connectivity index (χ3v) is 10.2. The Hall–Kier alpha value is -4.21. The van der Waals surface area contributed by atoms with Crippen LogP contribution in [0.15, 0.2) is 52.5 Å². The van der Waals surface area contributed by atoms with Crippen molar-refractivity contribution in [2.75, 3.05) is 62.2 Å². The minimum atomic E-state index is -1.42. The number of hydrogen-bond donors (Lipinski definition) is 4. The molecule has 0 bridgehead atoms. The molecule has 254 valence electrons. The number of anilines is 3. The number of pyridine rings is 1. The quantitative estimate of drug-likeness (QED) is 0.279. The number of hydrogen-bond acceptors (Lipinski definition) is 12. The first-order valence-electron chi connectivity index (χ1n) is 15.8. The zero-order chi connectivity index (χ0) is 34.1. The number of nitrogens with zero attached hydrogens (tertiary/aromatic N) is 7. The van der Waals surface area contributed by atoms with E-state index >= 15 is 0 Å². The molecule has 3 aliphatic heterocycles. The second-order valence-corrected chi connectivity index (χ2v) is 14.2. The van der Waals surface area contributed by atoms with E-state index in [0.29, 0.717) is 49.6 Å². The van der Waals surface area contributed by atoms with Gasteiger partial charge in [0.05, 0.1) is 12.1 Å². The van der Waals surface area contributed by atoms with Crippen molar-refractivity contribution in [1.29, 1.82) is 0 Å². The third-order valence-electron chi connectivity index (χ3n) is 8.81. The predicted molar refractivity (Wildman–Crippen MR) is 186 cm³/mol. The lowest BCUT2D eigenvalue weighted by molar-refractivity contribution is 0.0668. The predicted octanol–water partition coefficient (Wildman–Crippen LogP) is 3.48. The van der Waals surface area contributed by atoms with Gasteiger partial charge in [-0.1, -0.05) is 23.7 Å². The maximum absolute atomic E-state index is 14.3. The molecule has 0 saturated carbocycles. The summed E-state index contributed by atoms with van der Waals surface area (Å²) in [5, 5.41) is 5.92. The number of carbonyl (C=O) groups is 2. The van der Waals surface area contributed by atoms with E-state index in [4.69, 9.17) is 23.1 Å². The summed E-state index contributed by atoms with van der Waals surface area (Å²) in [6, 6.07) is 11.5. The topological polar surface area (TPSA) is 171 Å². The molecule has 1 aromatic carbocycles. The van der Waals surface area contributed by atoms with Gasteiger partial charge in [-0.15, -0.1) is 0 Å². The summed E-state index contributed by atoms with van der Waals surface area (Å²) >= 11 is 7.57. The van der Waals surface area contributed by atoms with E-state index in [0.717, 1.165) is 43.3 Å². The fourth-order valence-corrected chi connectivity index (χ4v) is 7.12. The van der Waals surface area contributed by atoms with Gasteiger partial charge in [0, 0.05) is 61.5 Å². The average molecular weight is 696 g/mol. The first-order chi connectivity index (χ1) is 22.9. The van der Waals surface area contributed by atoms with Crippen molar-refractivity contribution in [1.82, 2.24) is 34.8 Å². The van der Waals surface area contributed by atoms with Gasteiger partial charge in [0.1, 0.15) is 11.5 Å². The summed E-state index contributed by atoms with van der Waals surface area (Å²) in [5.74, 6) is 0.371. The number of nitrogens with two attached hydrogens (primary N) is 2. The minimum absolute atomic E-state index is 0.0120. The molecule has 0 radical (unpaired) electrons. The van der Waals surface area contributed by atoms with Gasteiger partial charge in [-0.25, -0.2) is 23.6 Å². The number of halogens is 2. The fourth-order valence-electron chi connectivity index (χ4n) is 5.98. The van der Waals surface area contributed by atoms with Crippen molar-refractivity contribution >= 4 is 58.8 Å². The minimum Gasteiger partial charge on any atom is -0.382 e. The molecular weight excluding hydrogens is 657 g/mol. The summed E-state index contributed by atoms with van der Waals surface area (Å²) < 4.78 is 16.6. The monoisotopic (exact) mass is 695 g/mol. The zero-order valence-electron chi connectivity index (χ0n) is 26.9. The first-order valence-corrected chi connectivity index (χ1v) is 17.0. The number of nitrogen functional groups attached to an aromatic ring is 2. The highest BCUT2D eigenvalue weighted by molar-refractivity contribution is 7.97. The van der Waals surface area contributed by atoms with Gasteiger partial charge < -0.3 is 26.6 Å². The number of likely N-dealkylation sites (tertiary alicyclic amines) is 1. The molecule has 3 aromatic rings. The van der Waals surface area contributed by atoms with Crippen LogP contribution < -0.4 is 27.0 Å². The number of alkyl halides is 1. The van der Waals surface area contributed by atoms with Crippen molar-refractivity contribution in [3.05, 3.63) is 64.6 Å². The molecule has 6 rings (SSSR count). The van der Waals surface area contributed by atoms with E-state index in [1.807, 2.05) is 41.3 Å². The van der Waals surface area contributed by atoms with Crippen LogP contribution in [0, 0.1) is 0 Å². The number of guanidine groups is 1. The normalized spacial score (nSPS) is 18.3. The summed E-state index contributed by atoms with van der Waals surface area (Å²) in [4.78, 5) is 48.2. The molecule has 16 heteroatoms.